The van der Waals surface area contributed by atoms with Crippen molar-refractivity contribution in [2.75, 3.05) is 5.32 Å². The topological polar surface area (TPSA) is 24.9 Å². The lowest BCUT2D eigenvalue weighted by Crippen LogP contribution is -2.24. The number of benzene rings is 1. The lowest BCUT2D eigenvalue weighted by atomic mass is 9.87. The van der Waals surface area contributed by atoms with Gasteiger partial charge in [-0.25, -0.2) is 4.98 Å². The summed E-state index contributed by atoms with van der Waals surface area (Å²) in [5.74, 6) is 0.882. The van der Waals surface area contributed by atoms with Crippen LogP contribution in [0.25, 0.3) is 10.2 Å². The number of hydrogen-bond acceptors (Lipinski definition) is 3. The summed E-state index contributed by atoms with van der Waals surface area (Å²) in [6.07, 6.45) is 5.16. The average molecular weight is 281 g/mol. The maximum absolute atomic E-state index is 6.17. The minimum Gasteiger partial charge on any atom is -0.359 e. The van der Waals surface area contributed by atoms with E-state index in [9.17, 15) is 0 Å². The molecule has 1 aromatic heterocycles. The number of fused-ring (bicyclic) bond motifs is 1. The van der Waals surface area contributed by atoms with Gasteiger partial charge in [-0.3, -0.25) is 0 Å². The van der Waals surface area contributed by atoms with Gasteiger partial charge in [-0.2, -0.15) is 0 Å². The highest BCUT2D eigenvalue weighted by Gasteiger charge is 2.19. The molecule has 4 heteroatoms. The molecule has 1 aliphatic carbocycles. The van der Waals surface area contributed by atoms with E-state index in [0.717, 1.165) is 26.3 Å². The van der Waals surface area contributed by atoms with Gasteiger partial charge in [0.05, 0.1) is 15.2 Å². The molecule has 0 spiro atoms. The van der Waals surface area contributed by atoms with E-state index in [0.29, 0.717) is 6.04 Å². The van der Waals surface area contributed by atoms with Crippen LogP contribution in [0.1, 0.15) is 32.6 Å². The number of hydrogen-bond donors (Lipinski definition) is 1. The molecule has 18 heavy (non-hydrogen) atoms. The molecule has 1 heterocycles. The lowest BCUT2D eigenvalue weighted by molar-refractivity contribution is 0.361. The van der Waals surface area contributed by atoms with Crippen molar-refractivity contribution >= 4 is 38.3 Å². The van der Waals surface area contributed by atoms with Crippen LogP contribution in [0.3, 0.4) is 0 Å². The molecule has 1 N–H and O–H groups in total. The standard InChI is InChI=1S/C14H17ClN2S/c1-9-5-7-10(8-6-9)16-14-17-12-4-2-3-11(15)13(12)18-14/h2-4,9-10H,5-8H2,1H3,(H,16,17). The summed E-state index contributed by atoms with van der Waals surface area (Å²) in [4.78, 5) is 4.61. The van der Waals surface area contributed by atoms with Gasteiger partial charge >= 0.3 is 0 Å². The van der Waals surface area contributed by atoms with E-state index < -0.39 is 0 Å². The molecule has 1 fully saturated rings. The van der Waals surface area contributed by atoms with Gasteiger partial charge in [-0.05, 0) is 43.7 Å². The second kappa shape index (κ2) is 5.06. The fraction of sp³-hybridized carbons (Fsp3) is 0.500. The summed E-state index contributed by atoms with van der Waals surface area (Å²) < 4.78 is 1.09. The third kappa shape index (κ3) is 2.47. The van der Waals surface area contributed by atoms with Gasteiger partial charge in [-0.1, -0.05) is 35.9 Å². The molecule has 0 unspecified atom stereocenters. The minimum absolute atomic E-state index is 0.584. The predicted octanol–water partition coefficient (Wildman–Crippen LogP) is 4.94. The fourth-order valence-electron chi connectivity index (χ4n) is 2.56. The average Bonchev–Trinajstić information content (AvgIpc) is 2.76. The molecule has 0 bridgehead atoms. The third-order valence-corrected chi connectivity index (χ3v) is 5.17. The summed E-state index contributed by atoms with van der Waals surface area (Å²) in [6, 6.07) is 6.48. The van der Waals surface area contributed by atoms with Crippen LogP contribution in [-0.2, 0) is 0 Å². The molecule has 3 rings (SSSR count). The van der Waals surface area contributed by atoms with Crippen LogP contribution in [0.15, 0.2) is 18.2 Å². The number of anilines is 1. The molecule has 0 radical (unpaired) electrons. The number of thiazole rings is 1. The van der Waals surface area contributed by atoms with E-state index in [-0.39, 0.29) is 0 Å². The van der Waals surface area contributed by atoms with Gasteiger partial charge in [0.25, 0.3) is 0 Å². The predicted molar refractivity (Wildman–Crippen MR) is 79.7 cm³/mol. The Labute approximate surface area is 116 Å². The van der Waals surface area contributed by atoms with Crippen molar-refractivity contribution in [3.8, 4) is 0 Å². The van der Waals surface area contributed by atoms with Crippen molar-refractivity contribution in [3.63, 3.8) is 0 Å². The molecule has 0 amide bonds. The second-order valence-corrected chi connectivity index (χ2v) is 6.61. The van der Waals surface area contributed by atoms with Crippen molar-refractivity contribution in [2.24, 2.45) is 5.92 Å². The van der Waals surface area contributed by atoms with Gasteiger partial charge in [0.2, 0.25) is 0 Å². The van der Waals surface area contributed by atoms with Crippen LogP contribution >= 0.6 is 22.9 Å². The van der Waals surface area contributed by atoms with E-state index in [1.54, 1.807) is 11.3 Å². The molecular formula is C14H17ClN2S. The first-order valence-corrected chi connectivity index (χ1v) is 7.73. The Morgan fingerprint density at radius 1 is 1.28 bits per heavy atom. The van der Waals surface area contributed by atoms with Crippen LogP contribution in [-0.4, -0.2) is 11.0 Å². The van der Waals surface area contributed by atoms with Crippen molar-refractivity contribution in [1.82, 2.24) is 4.98 Å². The van der Waals surface area contributed by atoms with Crippen LogP contribution in [0.2, 0.25) is 5.02 Å². The maximum atomic E-state index is 6.17. The smallest absolute Gasteiger partial charge is 0.184 e. The van der Waals surface area contributed by atoms with E-state index in [2.05, 4.69) is 17.2 Å². The summed E-state index contributed by atoms with van der Waals surface area (Å²) in [7, 11) is 0. The Hall–Kier alpha value is -0.800. The van der Waals surface area contributed by atoms with Gasteiger partial charge in [0, 0.05) is 6.04 Å². The molecule has 1 aromatic carbocycles. The SMILES string of the molecule is CC1CCC(Nc2nc3cccc(Cl)c3s2)CC1. The number of nitrogens with zero attached hydrogens (tertiary/aromatic N) is 1. The highest BCUT2D eigenvalue weighted by atomic mass is 35.5. The van der Waals surface area contributed by atoms with Gasteiger partial charge < -0.3 is 5.32 Å². The summed E-state index contributed by atoms with van der Waals surface area (Å²) in [6.45, 7) is 2.34. The first kappa shape index (κ1) is 12.2. The Morgan fingerprint density at radius 2 is 2.06 bits per heavy atom. The molecular weight excluding hydrogens is 264 g/mol. The van der Waals surface area contributed by atoms with Crippen molar-refractivity contribution in [1.29, 1.82) is 0 Å². The number of nitrogens with one attached hydrogen (secondary N) is 1. The fourth-order valence-corrected chi connectivity index (χ4v) is 3.79. The third-order valence-electron chi connectivity index (χ3n) is 3.71. The zero-order valence-corrected chi connectivity index (χ0v) is 12.0. The first-order chi connectivity index (χ1) is 8.72. The first-order valence-electron chi connectivity index (χ1n) is 6.54. The van der Waals surface area contributed by atoms with Crippen molar-refractivity contribution in [3.05, 3.63) is 23.2 Å². The maximum Gasteiger partial charge on any atom is 0.184 e. The molecule has 1 aliphatic rings. The van der Waals surface area contributed by atoms with E-state index in [4.69, 9.17) is 11.6 Å². The summed E-state index contributed by atoms with van der Waals surface area (Å²) in [5, 5.41) is 5.38. The highest BCUT2D eigenvalue weighted by molar-refractivity contribution is 7.22. The number of aromatic nitrogens is 1. The minimum atomic E-state index is 0.584. The number of rotatable bonds is 2. The van der Waals surface area contributed by atoms with Crippen LogP contribution in [0.4, 0.5) is 5.13 Å². The number of halogens is 1. The Bertz CT molecular complexity index is 544. The second-order valence-electron chi connectivity index (χ2n) is 5.21. The largest absolute Gasteiger partial charge is 0.359 e. The Morgan fingerprint density at radius 3 is 2.78 bits per heavy atom. The molecule has 2 aromatic rings. The molecule has 0 aliphatic heterocycles. The summed E-state index contributed by atoms with van der Waals surface area (Å²) >= 11 is 7.84. The molecule has 2 nitrogen and oxygen atoms in total. The summed E-state index contributed by atoms with van der Waals surface area (Å²) in [5.41, 5.74) is 0.999. The zero-order chi connectivity index (χ0) is 12.5. The van der Waals surface area contributed by atoms with E-state index in [1.165, 1.54) is 25.7 Å². The van der Waals surface area contributed by atoms with Crippen LogP contribution in [0.5, 0.6) is 0 Å². The Kier molecular flexibility index (Phi) is 3.44. The van der Waals surface area contributed by atoms with Crippen LogP contribution in [0, 0.1) is 5.92 Å². The molecule has 0 saturated heterocycles. The van der Waals surface area contributed by atoms with Gasteiger partial charge in [0.15, 0.2) is 5.13 Å². The monoisotopic (exact) mass is 280 g/mol. The Balaban J connectivity index is 1.77. The lowest BCUT2D eigenvalue weighted by Gasteiger charge is -2.26. The van der Waals surface area contributed by atoms with Crippen molar-refractivity contribution in [2.45, 2.75) is 38.6 Å². The van der Waals surface area contributed by atoms with Crippen LogP contribution < -0.4 is 5.32 Å². The van der Waals surface area contributed by atoms with Gasteiger partial charge in [-0.15, -0.1) is 0 Å². The quantitative estimate of drug-likeness (QED) is 0.843. The van der Waals surface area contributed by atoms with E-state index in [1.807, 2.05) is 18.2 Å². The van der Waals surface area contributed by atoms with Crippen molar-refractivity contribution < 1.29 is 0 Å². The van der Waals surface area contributed by atoms with E-state index >= 15 is 0 Å². The highest BCUT2D eigenvalue weighted by Crippen LogP contribution is 2.33. The molecule has 0 atom stereocenters. The molecule has 1 saturated carbocycles. The normalized spacial score (nSPS) is 24.3. The zero-order valence-electron chi connectivity index (χ0n) is 10.4. The van der Waals surface area contributed by atoms with Gasteiger partial charge in [0.1, 0.15) is 0 Å². The molecule has 96 valence electrons.